The molecule has 0 amide bonds. The molecule has 0 saturated heterocycles. The minimum atomic E-state index is 0.104. The third kappa shape index (κ3) is 2.12. The van der Waals surface area contributed by atoms with Crippen molar-refractivity contribution in [3.8, 4) is 0 Å². The van der Waals surface area contributed by atoms with E-state index < -0.39 is 0 Å². The lowest BCUT2D eigenvalue weighted by Gasteiger charge is -2.51. The van der Waals surface area contributed by atoms with Crippen molar-refractivity contribution < 1.29 is 4.74 Å². The summed E-state index contributed by atoms with van der Waals surface area (Å²) in [6, 6.07) is 4.24. The summed E-state index contributed by atoms with van der Waals surface area (Å²) in [5.74, 6) is 0.672. The second-order valence-electron chi connectivity index (χ2n) is 5.56. The number of fused-ring (bicyclic) bond motifs is 1. The van der Waals surface area contributed by atoms with Gasteiger partial charge in [0.2, 0.25) is 5.95 Å². The summed E-state index contributed by atoms with van der Waals surface area (Å²) in [4.78, 5) is 4.47. The topological polar surface area (TPSA) is 51.5 Å². The van der Waals surface area contributed by atoms with Gasteiger partial charge in [-0.05, 0) is 34.5 Å². The van der Waals surface area contributed by atoms with Crippen molar-refractivity contribution in [2.24, 2.45) is 5.41 Å². The highest BCUT2D eigenvalue weighted by Gasteiger charge is 2.48. The largest absolute Gasteiger partial charge is 0.381 e. The third-order valence-corrected chi connectivity index (χ3v) is 4.53. The van der Waals surface area contributed by atoms with Gasteiger partial charge in [0.15, 0.2) is 5.65 Å². The molecule has 0 aliphatic heterocycles. The summed E-state index contributed by atoms with van der Waals surface area (Å²) in [6.07, 6.45) is 3.19. The van der Waals surface area contributed by atoms with Gasteiger partial charge in [-0.25, -0.2) is 4.52 Å². The average molecular weight is 325 g/mol. The van der Waals surface area contributed by atoms with Crippen LogP contribution in [0.2, 0.25) is 0 Å². The molecule has 1 aliphatic carbocycles. The molecular formula is C13H17BrN4O. The molecule has 102 valence electrons. The van der Waals surface area contributed by atoms with Crippen LogP contribution >= 0.6 is 15.9 Å². The Morgan fingerprint density at radius 2 is 2.26 bits per heavy atom. The van der Waals surface area contributed by atoms with Gasteiger partial charge in [0.05, 0.1) is 6.10 Å². The van der Waals surface area contributed by atoms with Crippen LogP contribution in [0.3, 0.4) is 0 Å². The van der Waals surface area contributed by atoms with Crippen molar-refractivity contribution in [2.45, 2.75) is 32.4 Å². The zero-order chi connectivity index (χ0) is 13.6. The lowest BCUT2D eigenvalue weighted by molar-refractivity contribution is -0.0796. The quantitative estimate of drug-likeness (QED) is 0.943. The van der Waals surface area contributed by atoms with Crippen molar-refractivity contribution in [1.82, 2.24) is 14.6 Å². The number of methoxy groups -OCH3 is 1. The van der Waals surface area contributed by atoms with Crippen LogP contribution in [0.25, 0.3) is 5.65 Å². The predicted molar refractivity (Wildman–Crippen MR) is 77.3 cm³/mol. The molecule has 3 rings (SSSR count). The first-order chi connectivity index (χ1) is 9.00. The molecule has 19 heavy (non-hydrogen) atoms. The van der Waals surface area contributed by atoms with Crippen molar-refractivity contribution >= 4 is 27.5 Å². The Bertz CT molecular complexity index is 610. The van der Waals surface area contributed by atoms with Gasteiger partial charge in [-0.2, -0.15) is 4.98 Å². The highest BCUT2D eigenvalue weighted by atomic mass is 79.9. The maximum Gasteiger partial charge on any atom is 0.243 e. The number of nitrogens with one attached hydrogen (secondary N) is 1. The van der Waals surface area contributed by atoms with Crippen LogP contribution in [-0.2, 0) is 4.74 Å². The standard InChI is InChI=1S/C13H17BrN4O/c1-13(2)9(6-10(13)19-3)15-12-16-11-5-4-8(14)7-18(11)17-12/h4-5,7,9-10H,6H2,1-3H3,(H,15,17). The molecule has 2 atom stereocenters. The Morgan fingerprint density at radius 1 is 1.47 bits per heavy atom. The number of ether oxygens (including phenoxy) is 1. The molecule has 2 unspecified atom stereocenters. The lowest BCUT2D eigenvalue weighted by Crippen LogP contribution is -2.57. The van der Waals surface area contributed by atoms with E-state index in [-0.39, 0.29) is 5.41 Å². The van der Waals surface area contributed by atoms with E-state index in [1.54, 1.807) is 11.6 Å². The molecule has 2 heterocycles. The summed E-state index contributed by atoms with van der Waals surface area (Å²) in [5, 5.41) is 7.84. The number of halogens is 1. The number of pyridine rings is 1. The summed E-state index contributed by atoms with van der Waals surface area (Å²) >= 11 is 3.43. The number of hydrogen-bond donors (Lipinski definition) is 1. The maximum absolute atomic E-state index is 5.45. The zero-order valence-electron chi connectivity index (χ0n) is 11.2. The van der Waals surface area contributed by atoms with Crippen LogP contribution in [0.4, 0.5) is 5.95 Å². The Labute approximate surface area is 120 Å². The van der Waals surface area contributed by atoms with Crippen LogP contribution < -0.4 is 5.32 Å². The van der Waals surface area contributed by atoms with Crippen molar-refractivity contribution in [3.63, 3.8) is 0 Å². The average Bonchev–Trinajstić information content (AvgIpc) is 2.75. The first kappa shape index (κ1) is 12.9. The van der Waals surface area contributed by atoms with Crippen LogP contribution in [0.1, 0.15) is 20.3 Å². The van der Waals surface area contributed by atoms with E-state index >= 15 is 0 Å². The normalized spacial score (nSPS) is 25.3. The van der Waals surface area contributed by atoms with Crippen molar-refractivity contribution in [2.75, 3.05) is 12.4 Å². The maximum atomic E-state index is 5.45. The molecule has 6 heteroatoms. The Morgan fingerprint density at radius 3 is 2.95 bits per heavy atom. The fraction of sp³-hybridized carbons (Fsp3) is 0.538. The highest BCUT2D eigenvalue weighted by Crippen LogP contribution is 2.43. The van der Waals surface area contributed by atoms with Crippen molar-refractivity contribution in [1.29, 1.82) is 0 Å². The molecule has 5 nitrogen and oxygen atoms in total. The van der Waals surface area contributed by atoms with Crippen molar-refractivity contribution in [3.05, 3.63) is 22.8 Å². The predicted octanol–water partition coefficient (Wildman–Crippen LogP) is 2.72. The van der Waals surface area contributed by atoms with Crippen LogP contribution in [0, 0.1) is 5.41 Å². The summed E-state index contributed by atoms with van der Waals surface area (Å²) < 4.78 is 8.21. The number of anilines is 1. The van der Waals surface area contributed by atoms with E-state index in [9.17, 15) is 0 Å². The molecule has 1 aliphatic rings. The number of nitrogens with zero attached hydrogens (tertiary/aromatic N) is 3. The van der Waals surface area contributed by atoms with Gasteiger partial charge >= 0.3 is 0 Å². The van der Waals surface area contributed by atoms with Gasteiger partial charge in [-0.15, -0.1) is 5.10 Å². The summed E-state index contributed by atoms with van der Waals surface area (Å²) in [6.45, 7) is 4.41. The fourth-order valence-corrected chi connectivity index (χ4v) is 2.93. The first-order valence-electron chi connectivity index (χ1n) is 6.32. The Balaban J connectivity index is 1.79. The molecule has 2 aromatic rings. The van der Waals surface area contributed by atoms with Crippen LogP contribution in [-0.4, -0.2) is 33.9 Å². The van der Waals surface area contributed by atoms with Gasteiger partial charge in [-0.3, -0.25) is 0 Å². The molecule has 0 bridgehead atoms. The Hall–Kier alpha value is -1.14. The monoisotopic (exact) mass is 324 g/mol. The lowest BCUT2D eigenvalue weighted by atomic mass is 9.64. The molecule has 1 fully saturated rings. The summed E-state index contributed by atoms with van der Waals surface area (Å²) in [5.41, 5.74) is 0.943. The molecule has 0 aromatic carbocycles. The highest BCUT2D eigenvalue weighted by molar-refractivity contribution is 9.10. The second kappa shape index (κ2) is 4.45. The molecular weight excluding hydrogens is 308 g/mol. The van der Waals surface area contributed by atoms with Gasteiger partial charge in [0, 0.05) is 29.2 Å². The van der Waals surface area contributed by atoms with Gasteiger partial charge < -0.3 is 10.1 Å². The Kier molecular flexibility index (Phi) is 3.02. The van der Waals surface area contributed by atoms with E-state index in [2.05, 4.69) is 45.2 Å². The molecule has 0 spiro atoms. The zero-order valence-corrected chi connectivity index (χ0v) is 12.8. The summed E-state index contributed by atoms with van der Waals surface area (Å²) in [7, 11) is 1.77. The minimum absolute atomic E-state index is 0.104. The fourth-order valence-electron chi connectivity index (χ4n) is 2.61. The van der Waals surface area contributed by atoms with E-state index in [1.807, 2.05) is 18.3 Å². The molecule has 1 N–H and O–H groups in total. The van der Waals surface area contributed by atoms with E-state index in [0.717, 1.165) is 16.5 Å². The molecule has 1 saturated carbocycles. The SMILES string of the molecule is COC1CC(Nc2nc3ccc(Br)cn3n2)C1(C)C. The molecule has 2 aromatic heterocycles. The van der Waals surface area contributed by atoms with E-state index in [0.29, 0.717) is 18.1 Å². The van der Waals surface area contributed by atoms with Gasteiger partial charge in [-0.1, -0.05) is 13.8 Å². The minimum Gasteiger partial charge on any atom is -0.381 e. The number of aromatic nitrogens is 3. The first-order valence-corrected chi connectivity index (χ1v) is 7.11. The van der Waals surface area contributed by atoms with E-state index in [4.69, 9.17) is 4.74 Å². The van der Waals surface area contributed by atoms with Crippen LogP contribution in [0.15, 0.2) is 22.8 Å². The van der Waals surface area contributed by atoms with Crippen LogP contribution in [0.5, 0.6) is 0 Å². The van der Waals surface area contributed by atoms with E-state index in [1.165, 1.54) is 0 Å². The smallest absolute Gasteiger partial charge is 0.243 e. The number of rotatable bonds is 3. The van der Waals surface area contributed by atoms with Gasteiger partial charge in [0.1, 0.15) is 0 Å². The number of hydrogen-bond acceptors (Lipinski definition) is 4. The third-order valence-electron chi connectivity index (χ3n) is 4.06. The molecule has 0 radical (unpaired) electrons. The van der Waals surface area contributed by atoms with Gasteiger partial charge in [0.25, 0.3) is 0 Å². The second-order valence-corrected chi connectivity index (χ2v) is 6.48.